The lowest BCUT2D eigenvalue weighted by molar-refractivity contribution is 0.330. The van der Waals surface area contributed by atoms with Crippen molar-refractivity contribution in [2.24, 2.45) is 0 Å². The van der Waals surface area contributed by atoms with Crippen LogP contribution in [0, 0.1) is 0 Å². The minimum atomic E-state index is -3.13. The predicted molar refractivity (Wildman–Crippen MR) is 50.1 cm³/mol. The molecule has 2 N–H and O–H groups in total. The van der Waals surface area contributed by atoms with E-state index in [9.17, 15) is 0 Å². The Bertz CT molecular complexity index is 83.3. The van der Waals surface area contributed by atoms with Crippen LogP contribution in [-0.4, -0.2) is 70.8 Å². The molecule has 6 heteroatoms. The molecule has 0 amide bonds. The Morgan fingerprint density at radius 1 is 0.833 bits per heavy atom. The van der Waals surface area contributed by atoms with E-state index < -0.39 is 9.17 Å². The summed E-state index contributed by atoms with van der Waals surface area (Å²) in [5.74, 6) is 0. The van der Waals surface area contributed by atoms with Crippen LogP contribution < -0.4 is 0 Å². The monoisotopic (exact) mass is 196 g/mol. The van der Waals surface area contributed by atoms with Gasteiger partial charge in [-0.3, -0.25) is 4.46 Å². The molecule has 0 rings (SSSR count). The summed E-state index contributed by atoms with van der Waals surface area (Å²) in [5, 5.41) is 0. The molecule has 0 heterocycles. The average Bonchev–Trinajstić information content (AvgIpc) is 1.54. The highest BCUT2D eigenvalue weighted by atomic mass is 28.3. The largest absolute Gasteiger partial charge is 0.761 e. The molecule has 76 valence electrons. The van der Waals surface area contributed by atoms with Crippen molar-refractivity contribution in [2.45, 2.75) is 0 Å². The van der Waals surface area contributed by atoms with Crippen LogP contribution >= 0.6 is 0 Å². The fourth-order valence-corrected chi connectivity index (χ4v) is 0. The first-order valence-electron chi connectivity index (χ1n) is 3.33. The van der Waals surface area contributed by atoms with E-state index in [0.29, 0.717) is 0 Å². The van der Waals surface area contributed by atoms with Crippen LogP contribution in [0.5, 0.6) is 0 Å². The van der Waals surface area contributed by atoms with E-state index in [0.717, 1.165) is 0 Å². The number of nitrogens with zero attached hydrogens (tertiary/aromatic N) is 2. The molecular formula is C6H20N2O3Si. The second-order valence-corrected chi connectivity index (χ2v) is 3.53. The molecule has 0 aliphatic carbocycles. The first kappa shape index (κ1) is 17.6. The molecule has 0 radical (unpaired) electrons. The highest BCUT2D eigenvalue weighted by molar-refractivity contribution is 6.22. The lowest BCUT2D eigenvalue weighted by Crippen LogP contribution is -1.99. The number of hydrogen-bond donors (Lipinski definition) is 2. The van der Waals surface area contributed by atoms with Gasteiger partial charge in [0.2, 0.25) is 0 Å². The SMILES string of the molecule is CN(C)C.CN(C)C.O=[Si](O)O. The average molecular weight is 196 g/mol. The quantitative estimate of drug-likeness (QED) is 0.474. The second-order valence-electron chi connectivity index (χ2n) is 2.97. The molecule has 0 unspecified atom stereocenters. The van der Waals surface area contributed by atoms with Crippen molar-refractivity contribution in [1.82, 2.24) is 9.80 Å². The van der Waals surface area contributed by atoms with Gasteiger partial charge in [-0.25, -0.2) is 0 Å². The molecule has 0 spiro atoms. The van der Waals surface area contributed by atoms with Crippen LogP contribution in [-0.2, 0) is 4.46 Å². The minimum Gasteiger partial charge on any atom is -0.511 e. The van der Waals surface area contributed by atoms with Crippen molar-refractivity contribution in [1.29, 1.82) is 0 Å². The molecule has 0 bridgehead atoms. The van der Waals surface area contributed by atoms with Crippen LogP contribution in [0.15, 0.2) is 0 Å². The Labute approximate surface area is 76.1 Å². The van der Waals surface area contributed by atoms with E-state index in [-0.39, 0.29) is 0 Å². The van der Waals surface area contributed by atoms with Crippen molar-refractivity contribution in [3.8, 4) is 0 Å². The van der Waals surface area contributed by atoms with Crippen molar-refractivity contribution in [3.63, 3.8) is 0 Å². The topological polar surface area (TPSA) is 64.0 Å². The van der Waals surface area contributed by atoms with Gasteiger partial charge in [0.1, 0.15) is 0 Å². The molecule has 0 saturated heterocycles. The van der Waals surface area contributed by atoms with Gasteiger partial charge >= 0.3 is 9.17 Å². The van der Waals surface area contributed by atoms with E-state index in [1.165, 1.54) is 0 Å². The highest BCUT2D eigenvalue weighted by Crippen LogP contribution is 1.48. The summed E-state index contributed by atoms with van der Waals surface area (Å²) in [7, 11) is 8.87. The lowest BCUT2D eigenvalue weighted by Gasteiger charge is -1.90. The maximum absolute atomic E-state index is 8.74. The molecule has 0 saturated carbocycles. The second kappa shape index (κ2) is 13.2. The summed E-state index contributed by atoms with van der Waals surface area (Å²) in [5.41, 5.74) is 0. The molecule has 0 aromatic carbocycles. The van der Waals surface area contributed by atoms with Gasteiger partial charge in [-0.1, -0.05) is 0 Å². The minimum absolute atomic E-state index is 2.00. The zero-order valence-electron chi connectivity index (χ0n) is 8.70. The Morgan fingerprint density at radius 3 is 0.833 bits per heavy atom. The van der Waals surface area contributed by atoms with Gasteiger partial charge in [0, 0.05) is 0 Å². The van der Waals surface area contributed by atoms with Gasteiger partial charge in [-0.15, -0.1) is 0 Å². The summed E-state index contributed by atoms with van der Waals surface area (Å²) in [4.78, 5) is 18.3. The maximum atomic E-state index is 8.74. The molecule has 0 aliphatic heterocycles. The first-order chi connectivity index (χ1) is 5.20. The molecule has 5 nitrogen and oxygen atoms in total. The van der Waals surface area contributed by atoms with Crippen LogP contribution in [0.2, 0.25) is 0 Å². The van der Waals surface area contributed by atoms with Crippen molar-refractivity contribution >= 4 is 9.17 Å². The van der Waals surface area contributed by atoms with Gasteiger partial charge in [-0.05, 0) is 42.3 Å². The molecule has 12 heavy (non-hydrogen) atoms. The third-order valence-electron chi connectivity index (χ3n) is 0. The molecule has 0 atom stereocenters. The van der Waals surface area contributed by atoms with Crippen LogP contribution in [0.1, 0.15) is 0 Å². The van der Waals surface area contributed by atoms with E-state index in [1.54, 1.807) is 0 Å². The summed E-state index contributed by atoms with van der Waals surface area (Å²) in [6.07, 6.45) is 0. The fourth-order valence-electron chi connectivity index (χ4n) is 0. The Balaban J connectivity index is -0.000000101. The molecule has 0 aromatic rings. The van der Waals surface area contributed by atoms with Crippen LogP contribution in [0.4, 0.5) is 0 Å². The molecule has 0 aliphatic rings. The number of hydrogen-bond acceptors (Lipinski definition) is 3. The van der Waals surface area contributed by atoms with Crippen LogP contribution in [0.25, 0.3) is 0 Å². The van der Waals surface area contributed by atoms with Crippen molar-refractivity contribution in [2.75, 3.05) is 42.3 Å². The van der Waals surface area contributed by atoms with Gasteiger partial charge in [0.15, 0.2) is 0 Å². The zero-order valence-corrected chi connectivity index (χ0v) is 9.70. The van der Waals surface area contributed by atoms with E-state index >= 15 is 0 Å². The molecule has 0 fully saturated rings. The van der Waals surface area contributed by atoms with Gasteiger partial charge in [-0.2, -0.15) is 0 Å². The predicted octanol–water partition coefficient (Wildman–Crippen LogP) is -1.26. The standard InChI is InChI=1S/2C3H9N.H2O3Si/c3*1-4(2)3/h2*1-3H3;1-2H. The van der Waals surface area contributed by atoms with Crippen molar-refractivity contribution in [3.05, 3.63) is 0 Å². The Hall–Kier alpha value is -0.463. The third-order valence-corrected chi connectivity index (χ3v) is 0. The van der Waals surface area contributed by atoms with Crippen molar-refractivity contribution < 1.29 is 14.1 Å². The maximum Gasteiger partial charge on any atom is 0.761 e. The first-order valence-corrected chi connectivity index (χ1v) is 4.64. The molecular weight excluding hydrogens is 176 g/mol. The van der Waals surface area contributed by atoms with E-state index in [2.05, 4.69) is 0 Å². The van der Waals surface area contributed by atoms with Gasteiger partial charge < -0.3 is 19.4 Å². The number of rotatable bonds is 0. The van der Waals surface area contributed by atoms with Gasteiger partial charge in [0.25, 0.3) is 0 Å². The smallest absolute Gasteiger partial charge is 0.511 e. The summed E-state index contributed by atoms with van der Waals surface area (Å²) < 4.78 is 8.74. The Kier molecular flexibility index (Phi) is 19.3. The zero-order chi connectivity index (χ0) is 10.7. The fraction of sp³-hybridized carbons (Fsp3) is 1.00. The summed E-state index contributed by atoms with van der Waals surface area (Å²) in [6, 6.07) is 0. The third kappa shape index (κ3) is 3240. The summed E-state index contributed by atoms with van der Waals surface area (Å²) in [6.45, 7) is 0. The van der Waals surface area contributed by atoms with E-state index in [1.807, 2.05) is 52.1 Å². The highest BCUT2D eigenvalue weighted by Gasteiger charge is 1.85. The lowest BCUT2D eigenvalue weighted by atomic mass is 11.0. The van der Waals surface area contributed by atoms with Crippen LogP contribution in [0.3, 0.4) is 0 Å². The van der Waals surface area contributed by atoms with Gasteiger partial charge in [0.05, 0.1) is 0 Å². The normalized spacial score (nSPS) is 8.00. The summed E-state index contributed by atoms with van der Waals surface area (Å²) >= 11 is 0. The Morgan fingerprint density at radius 2 is 0.833 bits per heavy atom. The molecule has 0 aromatic heterocycles. The van der Waals surface area contributed by atoms with E-state index in [4.69, 9.17) is 14.1 Å².